The van der Waals surface area contributed by atoms with E-state index in [0.717, 1.165) is 11.4 Å². The molecule has 0 fully saturated rings. The minimum absolute atomic E-state index is 0.0475. The molecule has 1 aromatic heterocycles. The zero-order chi connectivity index (χ0) is 12.4. The Labute approximate surface area is 113 Å². The number of benzene rings is 1. The van der Waals surface area contributed by atoms with Crippen LogP contribution in [0.3, 0.4) is 0 Å². The smallest absolute Gasteiger partial charge is 0.272 e. The number of para-hydroxylation sites is 1. The maximum atomic E-state index is 12.2. The van der Waals surface area contributed by atoms with Gasteiger partial charge in [-0.25, -0.2) is 0 Å². The van der Waals surface area contributed by atoms with Gasteiger partial charge >= 0.3 is 0 Å². The number of rotatable bonds is 2. The molecule has 0 aliphatic carbocycles. The van der Waals surface area contributed by atoms with E-state index in [0.29, 0.717) is 9.32 Å². The highest BCUT2D eigenvalue weighted by molar-refractivity contribution is 14.1. The van der Waals surface area contributed by atoms with Crippen molar-refractivity contribution in [3.05, 3.63) is 56.0 Å². The third-order valence-corrected chi connectivity index (χ3v) is 3.53. The van der Waals surface area contributed by atoms with Crippen LogP contribution < -0.4 is 10.3 Å². The second kappa shape index (κ2) is 4.91. The largest absolute Gasteiger partial charge is 0.495 e. The molecular formula is C13H12INO2. The number of methoxy groups -OCH3 is 1. The van der Waals surface area contributed by atoms with Crippen LogP contribution in [-0.2, 0) is 0 Å². The maximum Gasteiger partial charge on any atom is 0.272 e. The van der Waals surface area contributed by atoms with Crippen LogP contribution in [0.2, 0.25) is 0 Å². The highest BCUT2D eigenvalue weighted by Crippen LogP contribution is 2.20. The lowest BCUT2D eigenvalue weighted by Gasteiger charge is -2.12. The minimum atomic E-state index is -0.0475. The maximum absolute atomic E-state index is 12.2. The van der Waals surface area contributed by atoms with Crippen molar-refractivity contribution in [3.63, 3.8) is 0 Å². The first-order valence-corrected chi connectivity index (χ1v) is 6.24. The summed E-state index contributed by atoms with van der Waals surface area (Å²) in [5.74, 6) is 0.625. The lowest BCUT2D eigenvalue weighted by Crippen LogP contribution is -2.23. The van der Waals surface area contributed by atoms with Gasteiger partial charge < -0.3 is 4.74 Å². The van der Waals surface area contributed by atoms with E-state index in [1.165, 1.54) is 0 Å². The summed E-state index contributed by atoms with van der Waals surface area (Å²) in [7, 11) is 1.57. The van der Waals surface area contributed by atoms with Crippen LogP contribution in [0.25, 0.3) is 5.69 Å². The third-order valence-electron chi connectivity index (χ3n) is 2.53. The number of nitrogens with zero attached hydrogens (tertiary/aromatic N) is 1. The summed E-state index contributed by atoms with van der Waals surface area (Å²) in [6, 6.07) is 11.5. The van der Waals surface area contributed by atoms with Crippen molar-refractivity contribution in [2.45, 2.75) is 6.92 Å². The van der Waals surface area contributed by atoms with Gasteiger partial charge in [-0.15, -0.1) is 0 Å². The summed E-state index contributed by atoms with van der Waals surface area (Å²) in [5, 5.41) is 0. The lowest BCUT2D eigenvalue weighted by molar-refractivity contribution is 0.409. The van der Waals surface area contributed by atoms with Crippen molar-refractivity contribution in [2.75, 3.05) is 7.11 Å². The van der Waals surface area contributed by atoms with Gasteiger partial charge in [-0.05, 0) is 41.6 Å². The van der Waals surface area contributed by atoms with Crippen molar-refractivity contribution in [2.24, 2.45) is 0 Å². The Morgan fingerprint density at radius 3 is 2.47 bits per heavy atom. The first kappa shape index (κ1) is 12.2. The van der Waals surface area contributed by atoms with Gasteiger partial charge in [0.2, 0.25) is 0 Å². The SMILES string of the molecule is COc1cc(C)n(-c2ccccc2)c(=O)c1I. The van der Waals surface area contributed by atoms with Crippen LogP contribution >= 0.6 is 22.6 Å². The Bertz CT molecular complexity index is 590. The van der Waals surface area contributed by atoms with Crippen LogP contribution in [0.4, 0.5) is 0 Å². The average molecular weight is 341 g/mol. The average Bonchev–Trinajstić information content (AvgIpc) is 2.35. The normalized spacial score (nSPS) is 10.3. The second-order valence-electron chi connectivity index (χ2n) is 3.64. The van der Waals surface area contributed by atoms with Gasteiger partial charge in [-0.3, -0.25) is 9.36 Å². The van der Waals surface area contributed by atoms with E-state index in [9.17, 15) is 4.79 Å². The molecule has 0 atom stereocenters. The van der Waals surface area contributed by atoms with Crippen molar-refractivity contribution in [1.29, 1.82) is 0 Å². The lowest BCUT2D eigenvalue weighted by atomic mass is 10.2. The molecule has 0 aliphatic heterocycles. The summed E-state index contributed by atoms with van der Waals surface area (Å²) in [6.45, 7) is 1.90. The van der Waals surface area contributed by atoms with Gasteiger partial charge in [0.15, 0.2) is 0 Å². The fourth-order valence-corrected chi connectivity index (χ4v) is 2.34. The number of hydrogen-bond donors (Lipinski definition) is 0. The summed E-state index contributed by atoms with van der Waals surface area (Å²) in [5.41, 5.74) is 1.68. The van der Waals surface area contributed by atoms with E-state index in [4.69, 9.17) is 4.74 Å². The molecule has 1 heterocycles. The number of hydrogen-bond acceptors (Lipinski definition) is 2. The van der Waals surface area contributed by atoms with Gasteiger partial charge in [0.1, 0.15) is 9.32 Å². The molecule has 0 unspecified atom stereocenters. The number of pyridine rings is 1. The Balaban J connectivity index is 2.72. The molecule has 0 saturated heterocycles. The summed E-state index contributed by atoms with van der Waals surface area (Å²) in [6.07, 6.45) is 0. The van der Waals surface area contributed by atoms with Crippen LogP contribution in [-0.4, -0.2) is 11.7 Å². The van der Waals surface area contributed by atoms with Crippen LogP contribution in [0.5, 0.6) is 5.75 Å². The first-order valence-electron chi connectivity index (χ1n) is 5.16. The monoisotopic (exact) mass is 341 g/mol. The van der Waals surface area contributed by atoms with Crippen molar-refractivity contribution in [1.82, 2.24) is 4.57 Å². The summed E-state index contributed by atoms with van der Waals surface area (Å²) < 4.78 is 7.46. The molecule has 17 heavy (non-hydrogen) atoms. The van der Waals surface area contributed by atoms with Crippen LogP contribution in [0.1, 0.15) is 5.69 Å². The van der Waals surface area contributed by atoms with Gasteiger partial charge in [-0.1, -0.05) is 18.2 Å². The summed E-state index contributed by atoms with van der Waals surface area (Å²) >= 11 is 2.02. The van der Waals surface area contributed by atoms with Gasteiger partial charge in [0, 0.05) is 17.4 Å². The third kappa shape index (κ3) is 2.22. The highest BCUT2D eigenvalue weighted by Gasteiger charge is 2.11. The molecule has 0 bridgehead atoms. The molecule has 0 saturated carbocycles. The Hall–Kier alpha value is -1.30. The molecule has 0 aliphatic rings. The van der Waals surface area contributed by atoms with Crippen molar-refractivity contribution in [3.8, 4) is 11.4 Å². The predicted octanol–water partition coefficient (Wildman–Crippen LogP) is 2.76. The summed E-state index contributed by atoms with van der Waals surface area (Å²) in [4.78, 5) is 12.2. The molecular weight excluding hydrogens is 329 g/mol. The van der Waals surface area contributed by atoms with Crippen LogP contribution in [0.15, 0.2) is 41.2 Å². The van der Waals surface area contributed by atoms with E-state index >= 15 is 0 Å². The molecule has 0 amide bonds. The molecule has 4 heteroatoms. The number of ether oxygens (including phenoxy) is 1. The topological polar surface area (TPSA) is 31.2 Å². The molecule has 1 aromatic carbocycles. The molecule has 3 nitrogen and oxygen atoms in total. The molecule has 2 rings (SSSR count). The zero-order valence-electron chi connectivity index (χ0n) is 9.61. The van der Waals surface area contributed by atoms with E-state index in [1.54, 1.807) is 11.7 Å². The predicted molar refractivity (Wildman–Crippen MR) is 76.0 cm³/mol. The minimum Gasteiger partial charge on any atom is -0.495 e. The molecule has 0 radical (unpaired) electrons. The fraction of sp³-hybridized carbons (Fsp3) is 0.154. The highest BCUT2D eigenvalue weighted by atomic mass is 127. The van der Waals surface area contributed by atoms with Crippen molar-refractivity contribution >= 4 is 22.6 Å². The van der Waals surface area contributed by atoms with Gasteiger partial charge in [0.05, 0.1) is 7.11 Å². The van der Waals surface area contributed by atoms with Crippen LogP contribution in [0, 0.1) is 10.5 Å². The van der Waals surface area contributed by atoms with E-state index < -0.39 is 0 Å². The van der Waals surface area contributed by atoms with E-state index in [1.807, 2.05) is 65.9 Å². The van der Waals surface area contributed by atoms with Gasteiger partial charge in [-0.2, -0.15) is 0 Å². The molecule has 88 valence electrons. The Kier molecular flexibility index (Phi) is 3.51. The fourth-order valence-electron chi connectivity index (χ4n) is 1.73. The second-order valence-corrected chi connectivity index (χ2v) is 4.72. The molecule has 2 aromatic rings. The number of halogens is 1. The zero-order valence-corrected chi connectivity index (χ0v) is 11.8. The number of aromatic nitrogens is 1. The van der Waals surface area contributed by atoms with Gasteiger partial charge in [0.25, 0.3) is 5.56 Å². The quantitative estimate of drug-likeness (QED) is 0.787. The standard InChI is InChI=1S/C13H12INO2/c1-9-8-11(17-2)12(14)13(16)15(9)10-6-4-3-5-7-10/h3-8H,1-2H3. The number of aryl methyl sites for hydroxylation is 1. The Morgan fingerprint density at radius 1 is 1.24 bits per heavy atom. The Morgan fingerprint density at radius 2 is 1.88 bits per heavy atom. The molecule has 0 spiro atoms. The van der Waals surface area contributed by atoms with Crippen molar-refractivity contribution < 1.29 is 4.74 Å². The first-order chi connectivity index (χ1) is 8.15. The molecule has 0 N–H and O–H groups in total. The van der Waals surface area contributed by atoms with E-state index in [2.05, 4.69) is 0 Å². The van der Waals surface area contributed by atoms with E-state index in [-0.39, 0.29) is 5.56 Å².